The molecule has 1 aromatic carbocycles. The van der Waals surface area contributed by atoms with Crippen LogP contribution in [0.15, 0.2) is 42.6 Å². The smallest absolute Gasteiger partial charge is 0.330 e. The van der Waals surface area contributed by atoms with Crippen LogP contribution in [0.2, 0.25) is 0 Å². The SMILES string of the molecule is CCCC(NC(=O)Cc1cc(F)cc(F)c1)C(=O)Nc1ccc(/C=C/C(=O)OC)cn1. The van der Waals surface area contributed by atoms with E-state index in [0.29, 0.717) is 18.4 Å². The van der Waals surface area contributed by atoms with E-state index in [0.717, 1.165) is 18.2 Å². The summed E-state index contributed by atoms with van der Waals surface area (Å²) in [6.45, 7) is 1.86. The molecular weight excluding hydrogens is 408 g/mol. The van der Waals surface area contributed by atoms with Crippen molar-refractivity contribution in [3.05, 3.63) is 65.4 Å². The molecule has 0 aliphatic carbocycles. The van der Waals surface area contributed by atoms with Crippen LogP contribution in [-0.2, 0) is 25.5 Å². The van der Waals surface area contributed by atoms with Gasteiger partial charge in [-0.1, -0.05) is 13.3 Å². The van der Waals surface area contributed by atoms with Crippen molar-refractivity contribution in [1.29, 1.82) is 0 Å². The van der Waals surface area contributed by atoms with Crippen molar-refractivity contribution in [2.45, 2.75) is 32.2 Å². The normalized spacial score (nSPS) is 11.7. The molecule has 1 heterocycles. The van der Waals surface area contributed by atoms with Gasteiger partial charge >= 0.3 is 5.97 Å². The number of nitrogens with one attached hydrogen (secondary N) is 2. The molecule has 0 aliphatic rings. The van der Waals surface area contributed by atoms with Gasteiger partial charge in [-0.2, -0.15) is 0 Å². The Morgan fingerprint density at radius 3 is 2.45 bits per heavy atom. The Morgan fingerprint density at radius 2 is 1.87 bits per heavy atom. The third kappa shape index (κ3) is 7.96. The van der Waals surface area contributed by atoms with E-state index in [9.17, 15) is 23.2 Å². The van der Waals surface area contributed by atoms with Crippen LogP contribution in [0.1, 0.15) is 30.9 Å². The van der Waals surface area contributed by atoms with Crippen molar-refractivity contribution in [2.75, 3.05) is 12.4 Å². The zero-order valence-electron chi connectivity index (χ0n) is 17.2. The molecular formula is C22H23F2N3O4. The number of pyridine rings is 1. The number of esters is 1. The molecule has 2 N–H and O–H groups in total. The highest BCUT2D eigenvalue weighted by Gasteiger charge is 2.20. The Kier molecular flexibility index (Phi) is 8.80. The van der Waals surface area contributed by atoms with Crippen molar-refractivity contribution in [3.8, 4) is 0 Å². The molecule has 1 unspecified atom stereocenters. The van der Waals surface area contributed by atoms with Gasteiger partial charge in [0.1, 0.15) is 23.5 Å². The van der Waals surface area contributed by atoms with Crippen LogP contribution in [0.4, 0.5) is 14.6 Å². The highest BCUT2D eigenvalue weighted by atomic mass is 19.1. The summed E-state index contributed by atoms with van der Waals surface area (Å²) in [5.41, 5.74) is 0.798. The lowest BCUT2D eigenvalue weighted by Crippen LogP contribution is -2.44. The first-order valence-corrected chi connectivity index (χ1v) is 9.58. The standard InChI is InChI=1S/C22H23F2N3O4/c1-3-4-18(26-20(28)11-15-9-16(23)12-17(24)10-15)22(30)27-19-7-5-14(13-25-19)6-8-21(29)31-2/h5-10,12-13,18H,3-4,11H2,1-2H3,(H,26,28)(H,25,27,30)/b8-6+. The van der Waals surface area contributed by atoms with Crippen LogP contribution in [-0.4, -0.2) is 35.9 Å². The number of carbonyl (C=O) groups excluding carboxylic acids is 3. The second-order valence-electron chi connectivity index (χ2n) is 6.69. The number of amides is 2. The Labute approximate surface area is 178 Å². The third-order valence-corrected chi connectivity index (χ3v) is 4.17. The molecule has 1 atom stereocenters. The minimum Gasteiger partial charge on any atom is -0.466 e. The average molecular weight is 431 g/mol. The van der Waals surface area contributed by atoms with E-state index in [1.54, 1.807) is 12.1 Å². The number of rotatable bonds is 9. The molecule has 0 spiro atoms. The Hall–Kier alpha value is -3.62. The lowest BCUT2D eigenvalue weighted by Gasteiger charge is -2.17. The number of ether oxygens (including phenoxy) is 1. The number of anilines is 1. The highest BCUT2D eigenvalue weighted by molar-refractivity contribution is 5.96. The van der Waals surface area contributed by atoms with Crippen molar-refractivity contribution < 1.29 is 27.9 Å². The van der Waals surface area contributed by atoms with Crippen molar-refractivity contribution >= 4 is 29.7 Å². The number of benzene rings is 1. The van der Waals surface area contributed by atoms with Crippen LogP contribution in [0.5, 0.6) is 0 Å². The maximum Gasteiger partial charge on any atom is 0.330 e. The van der Waals surface area contributed by atoms with E-state index < -0.39 is 35.5 Å². The summed E-state index contributed by atoms with van der Waals surface area (Å²) >= 11 is 0. The van der Waals surface area contributed by atoms with Gasteiger partial charge in [0.05, 0.1) is 13.5 Å². The van der Waals surface area contributed by atoms with Gasteiger partial charge < -0.3 is 15.4 Å². The number of halogens is 2. The lowest BCUT2D eigenvalue weighted by atomic mass is 10.1. The van der Waals surface area contributed by atoms with Crippen LogP contribution in [0.3, 0.4) is 0 Å². The van der Waals surface area contributed by atoms with Gasteiger partial charge in [-0.05, 0) is 47.9 Å². The number of hydrogen-bond donors (Lipinski definition) is 2. The highest BCUT2D eigenvalue weighted by Crippen LogP contribution is 2.11. The van der Waals surface area contributed by atoms with Gasteiger partial charge in [-0.15, -0.1) is 0 Å². The second kappa shape index (κ2) is 11.5. The Balaban J connectivity index is 1.98. The first-order valence-electron chi connectivity index (χ1n) is 9.58. The summed E-state index contributed by atoms with van der Waals surface area (Å²) in [6.07, 6.45) is 4.95. The van der Waals surface area contributed by atoms with Gasteiger partial charge in [0.15, 0.2) is 0 Å². The maximum absolute atomic E-state index is 13.3. The molecule has 164 valence electrons. The Morgan fingerprint density at radius 1 is 1.16 bits per heavy atom. The van der Waals surface area contributed by atoms with Gasteiger partial charge in [-0.25, -0.2) is 18.6 Å². The molecule has 1 aromatic heterocycles. The van der Waals surface area contributed by atoms with Crippen LogP contribution in [0.25, 0.3) is 6.08 Å². The fourth-order valence-electron chi connectivity index (χ4n) is 2.72. The van der Waals surface area contributed by atoms with Crippen LogP contribution >= 0.6 is 0 Å². The minimum atomic E-state index is -0.836. The molecule has 0 bridgehead atoms. The second-order valence-corrected chi connectivity index (χ2v) is 6.69. The molecule has 2 aromatic rings. The van der Waals surface area contributed by atoms with E-state index in [4.69, 9.17) is 0 Å². The molecule has 0 fully saturated rings. The summed E-state index contributed by atoms with van der Waals surface area (Å²) in [5.74, 6) is -2.79. The van der Waals surface area contributed by atoms with Crippen LogP contribution in [0, 0.1) is 11.6 Å². The summed E-state index contributed by atoms with van der Waals surface area (Å²) in [4.78, 5) is 40.1. The topological polar surface area (TPSA) is 97.4 Å². The fourth-order valence-corrected chi connectivity index (χ4v) is 2.72. The molecule has 0 saturated heterocycles. The largest absolute Gasteiger partial charge is 0.466 e. The number of carbonyl (C=O) groups is 3. The predicted molar refractivity (Wildman–Crippen MR) is 111 cm³/mol. The first-order chi connectivity index (χ1) is 14.8. The Bertz CT molecular complexity index is 941. The van der Waals surface area contributed by atoms with Gasteiger partial charge in [0, 0.05) is 18.3 Å². The molecule has 9 heteroatoms. The monoisotopic (exact) mass is 431 g/mol. The summed E-state index contributed by atoms with van der Waals surface area (Å²) < 4.78 is 31.1. The van der Waals surface area contributed by atoms with E-state index in [1.807, 2.05) is 6.92 Å². The summed E-state index contributed by atoms with van der Waals surface area (Å²) in [5, 5.41) is 5.21. The van der Waals surface area contributed by atoms with E-state index in [1.165, 1.54) is 25.5 Å². The first kappa shape index (κ1) is 23.7. The number of aromatic nitrogens is 1. The summed E-state index contributed by atoms with van der Waals surface area (Å²) in [6, 6.07) is 5.22. The third-order valence-electron chi connectivity index (χ3n) is 4.17. The summed E-state index contributed by atoms with van der Waals surface area (Å²) in [7, 11) is 1.27. The molecule has 7 nitrogen and oxygen atoms in total. The fraction of sp³-hybridized carbons (Fsp3) is 0.273. The zero-order valence-corrected chi connectivity index (χ0v) is 17.2. The zero-order chi connectivity index (χ0) is 22.8. The molecule has 2 rings (SSSR count). The van der Waals surface area contributed by atoms with Gasteiger partial charge in [-0.3, -0.25) is 9.59 Å². The van der Waals surface area contributed by atoms with Crippen molar-refractivity contribution in [3.63, 3.8) is 0 Å². The van der Waals surface area contributed by atoms with Crippen molar-refractivity contribution in [1.82, 2.24) is 10.3 Å². The average Bonchev–Trinajstić information content (AvgIpc) is 2.71. The maximum atomic E-state index is 13.3. The molecule has 31 heavy (non-hydrogen) atoms. The van der Waals surface area contributed by atoms with E-state index in [2.05, 4.69) is 20.4 Å². The number of hydrogen-bond acceptors (Lipinski definition) is 5. The van der Waals surface area contributed by atoms with Crippen molar-refractivity contribution in [2.24, 2.45) is 0 Å². The van der Waals surface area contributed by atoms with Gasteiger partial charge in [0.25, 0.3) is 0 Å². The quantitative estimate of drug-likeness (QED) is 0.470. The molecule has 2 amide bonds. The van der Waals surface area contributed by atoms with E-state index in [-0.39, 0.29) is 17.8 Å². The number of methoxy groups -OCH3 is 1. The molecule has 0 radical (unpaired) electrons. The van der Waals surface area contributed by atoms with E-state index >= 15 is 0 Å². The predicted octanol–water partition coefficient (Wildman–Crippen LogP) is 3.01. The van der Waals surface area contributed by atoms with Gasteiger partial charge in [0.2, 0.25) is 11.8 Å². The molecule has 0 aliphatic heterocycles. The molecule has 0 saturated carbocycles. The lowest BCUT2D eigenvalue weighted by molar-refractivity contribution is -0.134. The number of nitrogens with zero attached hydrogens (tertiary/aromatic N) is 1. The van der Waals surface area contributed by atoms with Crippen LogP contribution < -0.4 is 10.6 Å². The minimum absolute atomic E-state index is 0.169.